The number of carboxylic acids is 2. The fourth-order valence-corrected chi connectivity index (χ4v) is 4.77. The Kier molecular flexibility index (Phi) is 7.07. The van der Waals surface area contributed by atoms with E-state index in [2.05, 4.69) is 36.2 Å². The van der Waals surface area contributed by atoms with Crippen LogP contribution in [0.15, 0.2) is 65.3 Å². The van der Waals surface area contributed by atoms with Crippen LogP contribution in [0.4, 0.5) is 0 Å². The zero-order valence-corrected chi connectivity index (χ0v) is 20.3. The Labute approximate surface area is 208 Å². The number of aliphatic carboxylic acids is 2. The summed E-state index contributed by atoms with van der Waals surface area (Å²) in [5, 5.41) is 15.6. The Morgan fingerprint density at radius 3 is 2.28 bits per heavy atom. The van der Waals surface area contributed by atoms with E-state index in [4.69, 9.17) is 33.9 Å². The molecule has 190 valence electrons. The zero-order chi connectivity index (χ0) is 26.0. The summed E-state index contributed by atoms with van der Waals surface area (Å²) in [4.78, 5) is 21.3. The highest BCUT2D eigenvalue weighted by Crippen LogP contribution is 2.51. The van der Waals surface area contributed by atoms with Crippen molar-refractivity contribution >= 4 is 17.5 Å². The molecule has 36 heavy (non-hydrogen) atoms. The van der Waals surface area contributed by atoms with Crippen molar-refractivity contribution in [2.75, 3.05) is 35.2 Å². The van der Waals surface area contributed by atoms with E-state index in [-0.39, 0.29) is 18.9 Å². The summed E-state index contributed by atoms with van der Waals surface area (Å²) >= 11 is 0. The standard InChI is InChI=1S/C22H23NO5.C4H4O4/c1-23-21-13(6-5-12-7-19-20(8-14(12)21)28-11-27-19)15-9-17(24-2)18(25-3)10-16(15)22(23)26-4;5-3(6)1-2-4(7)8/h5,7-10,14,22H,6,11H2,1-4H3;1-2H,(H,5,6)(H,7,8)/b;2-1+. The van der Waals surface area contributed by atoms with Crippen molar-refractivity contribution in [1.29, 1.82) is 0 Å². The molecular weight excluding hydrogens is 470 g/mol. The van der Waals surface area contributed by atoms with E-state index in [1.165, 1.54) is 16.8 Å². The molecule has 2 heterocycles. The molecule has 2 aliphatic heterocycles. The second kappa shape index (κ2) is 10.2. The highest BCUT2D eigenvalue weighted by Gasteiger charge is 2.39. The third-order valence-corrected chi connectivity index (χ3v) is 6.26. The molecule has 0 aromatic heterocycles. The van der Waals surface area contributed by atoms with Crippen LogP contribution in [-0.4, -0.2) is 62.2 Å². The predicted molar refractivity (Wildman–Crippen MR) is 128 cm³/mol. The van der Waals surface area contributed by atoms with Crippen molar-refractivity contribution in [3.05, 3.63) is 76.4 Å². The van der Waals surface area contributed by atoms with E-state index in [1.54, 1.807) is 21.3 Å². The van der Waals surface area contributed by atoms with Crippen molar-refractivity contribution < 1.29 is 43.5 Å². The maximum Gasteiger partial charge on any atom is 0.328 e. The van der Waals surface area contributed by atoms with Crippen molar-refractivity contribution in [3.8, 4) is 11.5 Å². The van der Waals surface area contributed by atoms with Crippen molar-refractivity contribution in [2.45, 2.75) is 12.6 Å². The SMILES string of the molecule is COc1cc2c(cc1OC)C(OC)N(C)C1=C2CC=C2C=C3OCOC3=CC21.O=C(O)/C=C/C(=O)O. The maximum absolute atomic E-state index is 9.55. The Bertz CT molecular complexity index is 1220. The predicted octanol–water partition coefficient (Wildman–Crippen LogP) is 3.45. The third kappa shape index (κ3) is 4.55. The zero-order valence-electron chi connectivity index (χ0n) is 20.3. The molecule has 0 spiro atoms. The van der Waals surface area contributed by atoms with Crippen LogP contribution in [0.25, 0.3) is 5.57 Å². The molecule has 1 aromatic rings. The number of carboxylic acid groups (broad SMARTS) is 2. The average Bonchev–Trinajstić information content (AvgIpc) is 3.33. The lowest BCUT2D eigenvalue weighted by molar-refractivity contribution is -0.134. The van der Waals surface area contributed by atoms with Crippen LogP contribution < -0.4 is 9.47 Å². The molecule has 0 saturated carbocycles. The van der Waals surface area contributed by atoms with Gasteiger partial charge in [-0.25, -0.2) is 9.59 Å². The van der Waals surface area contributed by atoms with E-state index in [0.29, 0.717) is 17.9 Å². The third-order valence-electron chi connectivity index (χ3n) is 6.26. The van der Waals surface area contributed by atoms with Crippen LogP contribution in [0.5, 0.6) is 11.5 Å². The topological polar surface area (TPSA) is 124 Å². The van der Waals surface area contributed by atoms with Gasteiger partial charge in [-0.1, -0.05) is 6.08 Å². The molecular formula is C26H27NO9. The molecule has 2 atom stereocenters. The van der Waals surface area contributed by atoms with Crippen LogP contribution >= 0.6 is 0 Å². The van der Waals surface area contributed by atoms with Gasteiger partial charge in [-0.05, 0) is 47.4 Å². The molecule has 1 fully saturated rings. The first-order valence-electron chi connectivity index (χ1n) is 11.1. The average molecular weight is 498 g/mol. The monoisotopic (exact) mass is 497 g/mol. The molecule has 5 rings (SSSR count). The first-order valence-corrected chi connectivity index (χ1v) is 11.1. The normalized spacial score (nSPS) is 21.2. The minimum atomic E-state index is -1.26. The first-order chi connectivity index (χ1) is 17.3. The number of benzene rings is 1. The lowest BCUT2D eigenvalue weighted by Gasteiger charge is -2.43. The number of hydrogen-bond acceptors (Lipinski definition) is 8. The van der Waals surface area contributed by atoms with Crippen LogP contribution in [-0.2, 0) is 23.8 Å². The van der Waals surface area contributed by atoms with E-state index in [1.807, 2.05) is 6.07 Å². The quantitative estimate of drug-likeness (QED) is 0.585. The molecule has 10 heteroatoms. The number of fused-ring (bicyclic) bond motifs is 5. The Morgan fingerprint density at radius 1 is 1.03 bits per heavy atom. The summed E-state index contributed by atoms with van der Waals surface area (Å²) in [6, 6.07) is 4.08. The van der Waals surface area contributed by atoms with Gasteiger partial charge in [0.2, 0.25) is 6.79 Å². The van der Waals surface area contributed by atoms with E-state index < -0.39 is 11.9 Å². The highest BCUT2D eigenvalue weighted by molar-refractivity contribution is 5.89. The fourth-order valence-electron chi connectivity index (χ4n) is 4.77. The van der Waals surface area contributed by atoms with Gasteiger partial charge in [0, 0.05) is 43.5 Å². The van der Waals surface area contributed by atoms with Crippen LogP contribution in [0.1, 0.15) is 23.8 Å². The van der Waals surface area contributed by atoms with Gasteiger partial charge in [0.25, 0.3) is 0 Å². The van der Waals surface area contributed by atoms with Gasteiger partial charge < -0.3 is 38.8 Å². The van der Waals surface area contributed by atoms with E-state index >= 15 is 0 Å². The number of rotatable bonds is 5. The minimum Gasteiger partial charge on any atom is -0.493 e. The number of allylic oxidation sites excluding steroid dienone is 4. The van der Waals surface area contributed by atoms with Gasteiger partial charge in [0.15, 0.2) is 29.2 Å². The maximum atomic E-state index is 9.55. The molecule has 1 saturated heterocycles. The lowest BCUT2D eigenvalue weighted by atomic mass is 9.77. The van der Waals surface area contributed by atoms with Gasteiger partial charge in [-0.3, -0.25) is 0 Å². The van der Waals surface area contributed by atoms with Crippen molar-refractivity contribution in [3.63, 3.8) is 0 Å². The van der Waals surface area contributed by atoms with Gasteiger partial charge in [0.1, 0.15) is 0 Å². The summed E-state index contributed by atoms with van der Waals surface area (Å²) in [7, 11) is 7.13. The van der Waals surface area contributed by atoms with Crippen molar-refractivity contribution in [1.82, 2.24) is 4.90 Å². The summed E-state index contributed by atoms with van der Waals surface area (Å²) < 4.78 is 28.2. The number of ether oxygens (including phenoxy) is 5. The molecule has 0 radical (unpaired) electrons. The van der Waals surface area contributed by atoms with Gasteiger partial charge in [0.05, 0.1) is 14.2 Å². The van der Waals surface area contributed by atoms with Crippen LogP contribution in [0.3, 0.4) is 0 Å². The smallest absolute Gasteiger partial charge is 0.328 e. The molecule has 2 aliphatic carbocycles. The Morgan fingerprint density at radius 2 is 1.67 bits per heavy atom. The Hall–Kier alpha value is -4.18. The van der Waals surface area contributed by atoms with Crippen LogP contribution in [0, 0.1) is 5.92 Å². The molecule has 2 unspecified atom stereocenters. The molecule has 0 amide bonds. The molecule has 2 N–H and O–H groups in total. The first kappa shape index (κ1) is 24.9. The summed E-state index contributed by atoms with van der Waals surface area (Å²) in [6.45, 7) is 0.278. The largest absolute Gasteiger partial charge is 0.493 e. The van der Waals surface area contributed by atoms with Gasteiger partial charge >= 0.3 is 11.9 Å². The number of nitrogens with zero attached hydrogens (tertiary/aromatic N) is 1. The van der Waals surface area contributed by atoms with E-state index in [9.17, 15) is 9.59 Å². The minimum absolute atomic E-state index is 0.105. The fraction of sp³-hybridized carbons (Fsp3) is 0.308. The second-order valence-electron chi connectivity index (χ2n) is 8.20. The molecule has 4 aliphatic rings. The highest BCUT2D eigenvalue weighted by atomic mass is 16.7. The molecule has 1 aromatic carbocycles. The van der Waals surface area contributed by atoms with Gasteiger partial charge in [-0.2, -0.15) is 0 Å². The summed E-state index contributed by atoms with van der Waals surface area (Å²) in [5.74, 6) is 0.653. The second-order valence-corrected chi connectivity index (χ2v) is 8.20. The number of methoxy groups -OCH3 is 3. The number of carbonyl (C=O) groups is 2. The Balaban J connectivity index is 0.000000331. The molecule has 10 nitrogen and oxygen atoms in total. The summed E-state index contributed by atoms with van der Waals surface area (Å²) in [6.07, 6.45) is 8.25. The van der Waals surface area contributed by atoms with Gasteiger partial charge in [-0.15, -0.1) is 0 Å². The lowest BCUT2D eigenvalue weighted by Crippen LogP contribution is -2.35. The summed E-state index contributed by atoms with van der Waals surface area (Å²) in [5.41, 5.74) is 5.95. The van der Waals surface area contributed by atoms with E-state index in [0.717, 1.165) is 34.8 Å². The van der Waals surface area contributed by atoms with Crippen LogP contribution in [0.2, 0.25) is 0 Å². The van der Waals surface area contributed by atoms with Crippen molar-refractivity contribution in [2.24, 2.45) is 5.92 Å². The molecule has 0 bridgehead atoms. The number of hydrogen-bond donors (Lipinski definition) is 2.